The van der Waals surface area contributed by atoms with Crippen LogP contribution < -0.4 is 4.57 Å². The lowest BCUT2D eigenvalue weighted by atomic mass is 10.1. The molecule has 0 saturated heterocycles. The van der Waals surface area contributed by atoms with Crippen LogP contribution in [-0.2, 0) is 13.0 Å². The van der Waals surface area contributed by atoms with Crippen molar-refractivity contribution in [2.24, 2.45) is 0 Å². The molecule has 0 saturated carbocycles. The van der Waals surface area contributed by atoms with Gasteiger partial charge in [-0.25, -0.2) is 4.57 Å². The monoisotopic (exact) mass is 236 g/mol. The minimum Gasteiger partial charge on any atom is -0.390 e. The number of rotatable bonds is 9. The number of aliphatic hydroxyl groups excluding tert-OH is 1. The quantitative estimate of drug-likeness (QED) is 0.517. The van der Waals surface area contributed by atoms with E-state index in [0.717, 1.165) is 0 Å². The average Bonchev–Trinajstić information content (AvgIpc) is 2.36. The van der Waals surface area contributed by atoms with Gasteiger partial charge in [-0.15, -0.1) is 0 Å². The molecular weight excluding hydrogens is 210 g/mol. The first-order valence-corrected chi connectivity index (χ1v) is 6.95. The summed E-state index contributed by atoms with van der Waals surface area (Å²) in [5.41, 5.74) is 1.41. The highest BCUT2D eigenvalue weighted by Crippen LogP contribution is 2.08. The second kappa shape index (κ2) is 9.17. The van der Waals surface area contributed by atoms with E-state index in [1.54, 1.807) is 0 Å². The van der Waals surface area contributed by atoms with Gasteiger partial charge in [0.2, 0.25) is 0 Å². The Kier molecular flexibility index (Phi) is 7.65. The second-order valence-corrected chi connectivity index (χ2v) is 4.69. The van der Waals surface area contributed by atoms with Crippen LogP contribution >= 0.6 is 0 Å². The zero-order valence-electron chi connectivity index (χ0n) is 11.1. The largest absolute Gasteiger partial charge is 0.390 e. The van der Waals surface area contributed by atoms with Crippen LogP contribution in [0.15, 0.2) is 24.5 Å². The molecule has 0 bridgehead atoms. The zero-order valence-corrected chi connectivity index (χ0v) is 11.1. The highest BCUT2D eigenvalue weighted by atomic mass is 16.3. The Morgan fingerprint density at radius 2 is 1.65 bits per heavy atom. The van der Waals surface area contributed by atoms with Gasteiger partial charge in [0.15, 0.2) is 18.9 Å². The van der Waals surface area contributed by atoms with Gasteiger partial charge in [0.25, 0.3) is 0 Å². The minimum atomic E-state index is 0.210. The first-order chi connectivity index (χ1) is 8.36. The van der Waals surface area contributed by atoms with Gasteiger partial charge in [-0.3, -0.25) is 0 Å². The summed E-state index contributed by atoms with van der Waals surface area (Å²) < 4.78 is 2.02. The maximum atomic E-state index is 8.81. The molecule has 0 amide bonds. The molecule has 96 valence electrons. The molecule has 2 heteroatoms. The number of aromatic nitrogens is 1. The van der Waals surface area contributed by atoms with Gasteiger partial charge in [-0.05, 0) is 18.4 Å². The summed E-state index contributed by atoms with van der Waals surface area (Å²) in [6.07, 6.45) is 13.4. The summed E-state index contributed by atoms with van der Waals surface area (Å²) >= 11 is 0. The third kappa shape index (κ3) is 6.42. The van der Waals surface area contributed by atoms with Gasteiger partial charge < -0.3 is 5.11 Å². The Morgan fingerprint density at radius 1 is 1.00 bits per heavy atom. The lowest BCUT2D eigenvalue weighted by Gasteiger charge is -2.01. The second-order valence-electron chi connectivity index (χ2n) is 4.69. The molecule has 1 aromatic rings. The van der Waals surface area contributed by atoms with Crippen molar-refractivity contribution in [2.75, 3.05) is 6.61 Å². The van der Waals surface area contributed by atoms with E-state index < -0.39 is 0 Å². The lowest BCUT2D eigenvalue weighted by molar-refractivity contribution is -0.698. The van der Waals surface area contributed by atoms with E-state index in [1.165, 1.54) is 50.5 Å². The van der Waals surface area contributed by atoms with Crippen molar-refractivity contribution in [1.29, 1.82) is 0 Å². The number of hydrogen-bond donors (Lipinski definition) is 1. The van der Waals surface area contributed by atoms with Gasteiger partial charge in [0, 0.05) is 12.1 Å². The van der Waals surface area contributed by atoms with Crippen LogP contribution in [0.3, 0.4) is 0 Å². The van der Waals surface area contributed by atoms with Crippen LogP contribution in [0.2, 0.25) is 0 Å². The molecular formula is C15H26NO+. The Labute approximate surface area is 105 Å². The number of unbranched alkanes of at least 4 members (excludes halogenated alkanes) is 5. The molecule has 1 rings (SSSR count). The molecule has 0 atom stereocenters. The summed E-state index contributed by atoms with van der Waals surface area (Å²) in [5, 5.41) is 8.81. The first kappa shape index (κ1) is 14.2. The van der Waals surface area contributed by atoms with E-state index in [2.05, 4.69) is 31.5 Å². The van der Waals surface area contributed by atoms with Crippen LogP contribution in [0.1, 0.15) is 51.0 Å². The normalized spacial score (nSPS) is 10.7. The number of hydrogen-bond acceptors (Lipinski definition) is 1. The van der Waals surface area contributed by atoms with Crippen molar-refractivity contribution < 1.29 is 9.67 Å². The fourth-order valence-corrected chi connectivity index (χ4v) is 2.03. The topological polar surface area (TPSA) is 24.1 Å². The predicted molar refractivity (Wildman–Crippen MR) is 70.8 cm³/mol. The SMILES string of the molecule is CCCCCCCCc1cc[n+](CCO)cc1. The molecule has 1 N–H and O–H groups in total. The third-order valence-corrected chi connectivity index (χ3v) is 3.14. The van der Waals surface area contributed by atoms with Crippen molar-refractivity contribution in [3.63, 3.8) is 0 Å². The third-order valence-electron chi connectivity index (χ3n) is 3.14. The molecule has 0 unspecified atom stereocenters. The maximum absolute atomic E-state index is 8.81. The van der Waals surface area contributed by atoms with E-state index >= 15 is 0 Å². The smallest absolute Gasteiger partial charge is 0.171 e. The van der Waals surface area contributed by atoms with Crippen LogP contribution in [0.4, 0.5) is 0 Å². The Bertz CT molecular complexity index is 281. The summed E-state index contributed by atoms with van der Waals surface area (Å²) in [6, 6.07) is 4.34. The first-order valence-electron chi connectivity index (χ1n) is 6.95. The lowest BCUT2D eigenvalue weighted by Crippen LogP contribution is -2.34. The van der Waals surface area contributed by atoms with Gasteiger partial charge in [0.1, 0.15) is 6.61 Å². The van der Waals surface area contributed by atoms with Crippen LogP contribution in [0, 0.1) is 0 Å². The summed E-state index contributed by atoms with van der Waals surface area (Å²) in [4.78, 5) is 0. The molecule has 1 heterocycles. The number of aliphatic hydroxyl groups is 1. The van der Waals surface area contributed by atoms with Crippen molar-refractivity contribution in [1.82, 2.24) is 0 Å². The van der Waals surface area contributed by atoms with Crippen molar-refractivity contribution in [3.8, 4) is 0 Å². The highest BCUT2D eigenvalue weighted by Gasteiger charge is 1.99. The molecule has 0 aliphatic heterocycles. The fourth-order valence-electron chi connectivity index (χ4n) is 2.03. The van der Waals surface area contributed by atoms with E-state index in [9.17, 15) is 0 Å². The molecule has 0 aliphatic rings. The number of aryl methyl sites for hydroxylation is 1. The van der Waals surface area contributed by atoms with E-state index in [-0.39, 0.29) is 6.61 Å². The van der Waals surface area contributed by atoms with Crippen molar-refractivity contribution >= 4 is 0 Å². The Morgan fingerprint density at radius 3 is 2.29 bits per heavy atom. The van der Waals surface area contributed by atoms with Crippen molar-refractivity contribution in [3.05, 3.63) is 30.1 Å². The van der Waals surface area contributed by atoms with Crippen LogP contribution in [0.5, 0.6) is 0 Å². The van der Waals surface area contributed by atoms with Gasteiger partial charge in [-0.2, -0.15) is 0 Å². The summed E-state index contributed by atoms with van der Waals surface area (Å²) in [7, 11) is 0. The molecule has 0 spiro atoms. The minimum absolute atomic E-state index is 0.210. The molecule has 0 fully saturated rings. The van der Waals surface area contributed by atoms with E-state index in [4.69, 9.17) is 5.11 Å². The van der Waals surface area contributed by atoms with Crippen LogP contribution in [-0.4, -0.2) is 11.7 Å². The highest BCUT2D eigenvalue weighted by molar-refractivity contribution is 5.07. The fraction of sp³-hybridized carbons (Fsp3) is 0.667. The van der Waals surface area contributed by atoms with Gasteiger partial charge in [-0.1, -0.05) is 39.0 Å². The Balaban J connectivity index is 2.14. The zero-order chi connectivity index (χ0) is 12.3. The summed E-state index contributed by atoms with van der Waals surface area (Å²) in [6.45, 7) is 3.16. The van der Waals surface area contributed by atoms with Crippen LogP contribution in [0.25, 0.3) is 0 Å². The molecule has 0 radical (unpaired) electrons. The summed E-state index contributed by atoms with van der Waals surface area (Å²) in [5.74, 6) is 0. The Hall–Kier alpha value is -0.890. The molecule has 0 aliphatic carbocycles. The molecule has 17 heavy (non-hydrogen) atoms. The van der Waals surface area contributed by atoms with Gasteiger partial charge >= 0.3 is 0 Å². The van der Waals surface area contributed by atoms with Gasteiger partial charge in [0.05, 0.1) is 0 Å². The van der Waals surface area contributed by atoms with E-state index in [1.807, 2.05) is 4.57 Å². The number of nitrogens with zero attached hydrogens (tertiary/aromatic N) is 1. The molecule has 2 nitrogen and oxygen atoms in total. The molecule has 1 aromatic heterocycles. The number of pyridine rings is 1. The molecule has 0 aromatic carbocycles. The predicted octanol–water partition coefficient (Wildman–Crippen LogP) is 2.87. The average molecular weight is 236 g/mol. The maximum Gasteiger partial charge on any atom is 0.171 e. The van der Waals surface area contributed by atoms with Crippen molar-refractivity contribution in [2.45, 2.75) is 58.4 Å². The standard InChI is InChI=1S/C15H26NO/c1-2-3-4-5-6-7-8-15-9-11-16(12-10-15)13-14-17/h9-12,17H,2-8,13-14H2,1H3/q+1. The van der Waals surface area contributed by atoms with E-state index in [0.29, 0.717) is 6.54 Å².